The van der Waals surface area contributed by atoms with Gasteiger partial charge in [0.1, 0.15) is 18.1 Å². The molecule has 1 aromatic heterocycles. The van der Waals surface area contributed by atoms with Crippen molar-refractivity contribution in [2.45, 2.75) is 13.5 Å². The number of amides is 1. The van der Waals surface area contributed by atoms with Gasteiger partial charge in [-0.15, -0.1) is 0 Å². The largest absolute Gasteiger partial charge is 0.485 e. The first-order chi connectivity index (χ1) is 14.2. The molecule has 0 radical (unpaired) electrons. The lowest BCUT2D eigenvalue weighted by Crippen LogP contribution is -2.10. The molecule has 0 atom stereocenters. The van der Waals surface area contributed by atoms with Crippen LogP contribution in [0.5, 0.6) is 5.75 Å². The van der Waals surface area contributed by atoms with E-state index in [4.69, 9.17) is 9.15 Å². The molecular formula is C25H21NO3. The zero-order valence-electron chi connectivity index (χ0n) is 16.1. The second-order valence-electron chi connectivity index (χ2n) is 6.72. The van der Waals surface area contributed by atoms with Crippen LogP contribution in [-0.2, 0) is 6.61 Å². The molecule has 4 nitrogen and oxygen atoms in total. The van der Waals surface area contributed by atoms with Crippen molar-refractivity contribution >= 4 is 11.6 Å². The van der Waals surface area contributed by atoms with E-state index in [0.29, 0.717) is 11.4 Å². The molecule has 4 rings (SSSR count). The Balaban J connectivity index is 1.37. The van der Waals surface area contributed by atoms with Crippen molar-refractivity contribution in [1.29, 1.82) is 0 Å². The Hall–Kier alpha value is -3.79. The van der Waals surface area contributed by atoms with Gasteiger partial charge in [-0.25, -0.2) is 0 Å². The summed E-state index contributed by atoms with van der Waals surface area (Å²) in [5.74, 6) is 1.35. The minimum absolute atomic E-state index is 0.250. The summed E-state index contributed by atoms with van der Waals surface area (Å²) >= 11 is 0. The highest BCUT2D eigenvalue weighted by atomic mass is 16.5. The normalized spacial score (nSPS) is 10.5. The maximum absolute atomic E-state index is 12.5. The summed E-state index contributed by atoms with van der Waals surface area (Å²) in [6.45, 7) is 2.25. The molecule has 0 aliphatic heterocycles. The van der Waals surface area contributed by atoms with E-state index in [2.05, 4.69) is 17.4 Å². The summed E-state index contributed by atoms with van der Waals surface area (Å²) in [5, 5.41) is 2.86. The number of hydrogen-bond donors (Lipinski definition) is 1. The Morgan fingerprint density at radius 3 is 2.28 bits per heavy atom. The second kappa shape index (κ2) is 8.48. The number of nitrogens with one attached hydrogen (secondary N) is 1. The number of hydrogen-bond acceptors (Lipinski definition) is 3. The Morgan fingerprint density at radius 2 is 1.52 bits per heavy atom. The molecule has 0 unspecified atom stereocenters. The predicted octanol–water partition coefficient (Wildman–Crippen LogP) is 6.09. The summed E-state index contributed by atoms with van der Waals surface area (Å²) in [6.07, 6.45) is 0. The SMILES string of the molecule is Cc1ccccc1OCc1ccc(C(=O)Nc2ccc(-c3ccccc3)cc2)o1. The summed E-state index contributed by atoms with van der Waals surface area (Å²) in [7, 11) is 0. The quantitative estimate of drug-likeness (QED) is 0.438. The number of furan rings is 1. The molecule has 1 amide bonds. The maximum atomic E-state index is 12.5. The van der Waals surface area contributed by atoms with Crippen LogP contribution in [0.25, 0.3) is 11.1 Å². The number of carbonyl (C=O) groups excluding carboxylic acids is 1. The van der Waals surface area contributed by atoms with Gasteiger partial charge in [0.05, 0.1) is 0 Å². The molecule has 0 bridgehead atoms. The van der Waals surface area contributed by atoms with Crippen molar-refractivity contribution in [3.05, 3.63) is 108 Å². The molecule has 0 saturated carbocycles. The fourth-order valence-electron chi connectivity index (χ4n) is 3.01. The van der Waals surface area contributed by atoms with Gasteiger partial charge in [0, 0.05) is 5.69 Å². The van der Waals surface area contributed by atoms with Crippen LogP contribution in [0.1, 0.15) is 21.9 Å². The van der Waals surface area contributed by atoms with Gasteiger partial charge in [-0.05, 0) is 53.9 Å². The fraction of sp³-hybridized carbons (Fsp3) is 0.0800. The highest BCUT2D eigenvalue weighted by Gasteiger charge is 2.12. The van der Waals surface area contributed by atoms with Crippen LogP contribution in [-0.4, -0.2) is 5.91 Å². The van der Waals surface area contributed by atoms with E-state index in [0.717, 1.165) is 22.4 Å². The number of rotatable bonds is 6. The molecule has 4 heteroatoms. The van der Waals surface area contributed by atoms with Gasteiger partial charge >= 0.3 is 0 Å². The first kappa shape index (κ1) is 18.6. The van der Waals surface area contributed by atoms with E-state index in [1.165, 1.54) is 0 Å². The Kier molecular flexibility index (Phi) is 5.43. The van der Waals surface area contributed by atoms with Crippen LogP contribution < -0.4 is 10.1 Å². The molecule has 1 N–H and O–H groups in total. The summed E-state index contributed by atoms with van der Waals surface area (Å²) < 4.78 is 11.4. The van der Waals surface area contributed by atoms with Gasteiger partial charge in [0.15, 0.2) is 5.76 Å². The lowest BCUT2D eigenvalue weighted by molar-refractivity contribution is 0.0992. The van der Waals surface area contributed by atoms with Crippen LogP contribution in [0.3, 0.4) is 0 Å². The molecule has 1 heterocycles. The molecule has 0 aliphatic carbocycles. The number of aryl methyl sites for hydroxylation is 1. The minimum atomic E-state index is -0.292. The van der Waals surface area contributed by atoms with Crippen molar-refractivity contribution in [3.63, 3.8) is 0 Å². The van der Waals surface area contributed by atoms with Gasteiger partial charge in [0.2, 0.25) is 0 Å². The van der Waals surface area contributed by atoms with Crippen molar-refractivity contribution in [3.8, 4) is 16.9 Å². The van der Waals surface area contributed by atoms with E-state index in [-0.39, 0.29) is 18.3 Å². The Labute approximate surface area is 169 Å². The van der Waals surface area contributed by atoms with Crippen molar-refractivity contribution in [2.24, 2.45) is 0 Å². The number of carbonyl (C=O) groups is 1. The average Bonchev–Trinajstić information content (AvgIpc) is 3.24. The van der Waals surface area contributed by atoms with Crippen LogP contribution in [0, 0.1) is 6.92 Å². The van der Waals surface area contributed by atoms with E-state index < -0.39 is 0 Å². The topological polar surface area (TPSA) is 51.5 Å². The zero-order valence-corrected chi connectivity index (χ0v) is 16.1. The molecule has 4 aromatic rings. The van der Waals surface area contributed by atoms with E-state index in [1.807, 2.05) is 73.7 Å². The monoisotopic (exact) mass is 383 g/mol. The number of para-hydroxylation sites is 1. The van der Waals surface area contributed by atoms with Gasteiger partial charge in [-0.1, -0.05) is 60.7 Å². The van der Waals surface area contributed by atoms with E-state index in [9.17, 15) is 4.79 Å². The summed E-state index contributed by atoms with van der Waals surface area (Å²) in [4.78, 5) is 12.5. The zero-order chi connectivity index (χ0) is 20.1. The van der Waals surface area contributed by atoms with Crippen molar-refractivity contribution < 1.29 is 13.9 Å². The van der Waals surface area contributed by atoms with Crippen molar-refractivity contribution in [1.82, 2.24) is 0 Å². The van der Waals surface area contributed by atoms with Crippen molar-refractivity contribution in [2.75, 3.05) is 5.32 Å². The van der Waals surface area contributed by atoms with Crippen LogP contribution >= 0.6 is 0 Å². The van der Waals surface area contributed by atoms with Gasteiger partial charge in [0.25, 0.3) is 5.91 Å². The standard InChI is InChI=1S/C25H21NO3/c1-18-7-5-6-10-23(18)28-17-22-15-16-24(29-22)25(27)26-21-13-11-20(12-14-21)19-8-3-2-4-9-19/h2-16H,17H2,1H3,(H,26,27). The summed E-state index contributed by atoms with van der Waals surface area (Å²) in [5.41, 5.74) is 3.99. The van der Waals surface area contributed by atoms with E-state index in [1.54, 1.807) is 12.1 Å². The third-order valence-corrected chi connectivity index (χ3v) is 4.60. The number of ether oxygens (including phenoxy) is 1. The highest BCUT2D eigenvalue weighted by molar-refractivity contribution is 6.02. The lowest BCUT2D eigenvalue weighted by Gasteiger charge is -2.07. The smallest absolute Gasteiger partial charge is 0.291 e. The molecule has 0 fully saturated rings. The molecule has 0 spiro atoms. The van der Waals surface area contributed by atoms with Gasteiger partial charge in [-0.3, -0.25) is 4.79 Å². The Bertz CT molecular complexity index is 1100. The third kappa shape index (κ3) is 4.55. The van der Waals surface area contributed by atoms with E-state index >= 15 is 0 Å². The first-order valence-electron chi connectivity index (χ1n) is 9.43. The summed E-state index contributed by atoms with van der Waals surface area (Å²) in [6, 6.07) is 29.0. The molecule has 0 saturated heterocycles. The lowest BCUT2D eigenvalue weighted by atomic mass is 10.1. The second-order valence-corrected chi connectivity index (χ2v) is 6.72. The van der Waals surface area contributed by atoms with Gasteiger partial charge < -0.3 is 14.5 Å². The molecular weight excluding hydrogens is 362 g/mol. The molecule has 0 aliphatic rings. The number of benzene rings is 3. The minimum Gasteiger partial charge on any atom is -0.485 e. The molecule has 144 valence electrons. The van der Waals surface area contributed by atoms with Crippen LogP contribution in [0.2, 0.25) is 0 Å². The van der Waals surface area contributed by atoms with Crippen LogP contribution in [0.4, 0.5) is 5.69 Å². The molecule has 3 aromatic carbocycles. The fourth-order valence-corrected chi connectivity index (χ4v) is 3.01. The maximum Gasteiger partial charge on any atom is 0.291 e. The Morgan fingerprint density at radius 1 is 0.828 bits per heavy atom. The average molecular weight is 383 g/mol. The van der Waals surface area contributed by atoms with Crippen LogP contribution in [0.15, 0.2) is 95.4 Å². The number of anilines is 1. The van der Waals surface area contributed by atoms with Gasteiger partial charge in [-0.2, -0.15) is 0 Å². The molecule has 29 heavy (non-hydrogen) atoms. The third-order valence-electron chi connectivity index (χ3n) is 4.60. The highest BCUT2D eigenvalue weighted by Crippen LogP contribution is 2.22. The first-order valence-corrected chi connectivity index (χ1v) is 9.43. The predicted molar refractivity (Wildman–Crippen MR) is 114 cm³/mol.